The fraction of sp³-hybridized carbons (Fsp3) is 0.682. The van der Waals surface area contributed by atoms with E-state index in [-0.39, 0.29) is 0 Å². The topological polar surface area (TPSA) is 43.8 Å². The van der Waals surface area contributed by atoms with Gasteiger partial charge in [-0.2, -0.15) is 0 Å². The molecule has 144 valence electrons. The molecule has 1 N–H and O–H groups in total. The molecule has 0 bridgehead atoms. The molecule has 0 radical (unpaired) electrons. The molecule has 0 unspecified atom stereocenters. The van der Waals surface area contributed by atoms with E-state index < -0.39 is 0 Å². The first-order chi connectivity index (χ1) is 12.8. The molecule has 2 saturated heterocycles. The predicted molar refractivity (Wildman–Crippen MR) is 105 cm³/mol. The Hall–Kier alpha value is -1.39. The van der Waals surface area contributed by atoms with Crippen LogP contribution in [0.5, 0.6) is 0 Å². The first-order valence-electron chi connectivity index (χ1n) is 10.4. The van der Waals surface area contributed by atoms with Crippen molar-refractivity contribution in [3.05, 3.63) is 35.9 Å². The summed E-state index contributed by atoms with van der Waals surface area (Å²) in [7, 11) is 0. The van der Waals surface area contributed by atoms with Crippen LogP contribution >= 0.6 is 0 Å². The average molecular weight is 359 g/mol. The maximum Gasteiger partial charge on any atom is 0.222 e. The normalized spacial score (nSPS) is 22.5. The van der Waals surface area contributed by atoms with Crippen LogP contribution in [0, 0.1) is 5.92 Å². The standard InChI is InChI=1S/C22H34N2O2/c25-18-20-12-15-23(16-13-20)21-10-6-14-24(17-21)22(26)11-5-4-9-19-7-2-1-3-8-19/h1-3,7-8,20-21,25H,4-6,9-18H2/t21-/m0/s1. The molecule has 1 aromatic carbocycles. The summed E-state index contributed by atoms with van der Waals surface area (Å²) in [6.07, 6.45) is 8.35. The van der Waals surface area contributed by atoms with E-state index in [0.29, 0.717) is 30.9 Å². The molecule has 0 saturated carbocycles. The number of carbonyl (C=O) groups excluding carboxylic acids is 1. The molecule has 2 fully saturated rings. The van der Waals surface area contributed by atoms with Crippen LogP contribution in [0.1, 0.15) is 50.5 Å². The molecule has 3 rings (SSSR count). The number of rotatable bonds is 7. The van der Waals surface area contributed by atoms with Gasteiger partial charge in [-0.15, -0.1) is 0 Å². The smallest absolute Gasteiger partial charge is 0.222 e. The molecule has 1 amide bonds. The van der Waals surface area contributed by atoms with Crippen molar-refractivity contribution in [3.8, 4) is 0 Å². The second-order valence-corrected chi connectivity index (χ2v) is 7.99. The molecular weight excluding hydrogens is 324 g/mol. The number of aliphatic hydroxyl groups is 1. The van der Waals surface area contributed by atoms with Crippen LogP contribution in [0.2, 0.25) is 0 Å². The highest BCUT2D eigenvalue weighted by Crippen LogP contribution is 2.23. The van der Waals surface area contributed by atoms with Crippen molar-refractivity contribution in [1.29, 1.82) is 0 Å². The van der Waals surface area contributed by atoms with E-state index in [1.54, 1.807) is 0 Å². The zero-order chi connectivity index (χ0) is 18.2. The quantitative estimate of drug-likeness (QED) is 0.762. The first kappa shape index (κ1) is 19.4. The van der Waals surface area contributed by atoms with E-state index in [9.17, 15) is 9.90 Å². The van der Waals surface area contributed by atoms with Gasteiger partial charge in [-0.05, 0) is 69.5 Å². The fourth-order valence-electron chi connectivity index (χ4n) is 4.39. The molecule has 2 heterocycles. The molecular formula is C22H34N2O2. The van der Waals surface area contributed by atoms with Crippen LogP contribution in [0.4, 0.5) is 0 Å². The Labute approximate surface area is 158 Å². The van der Waals surface area contributed by atoms with Crippen LogP contribution in [-0.2, 0) is 11.2 Å². The van der Waals surface area contributed by atoms with Crippen molar-refractivity contribution in [1.82, 2.24) is 9.80 Å². The molecule has 2 aliphatic heterocycles. The van der Waals surface area contributed by atoms with Gasteiger partial charge in [0, 0.05) is 32.2 Å². The molecule has 4 nitrogen and oxygen atoms in total. The van der Waals surface area contributed by atoms with Crippen molar-refractivity contribution in [3.63, 3.8) is 0 Å². The number of carbonyl (C=O) groups is 1. The van der Waals surface area contributed by atoms with Crippen molar-refractivity contribution in [2.24, 2.45) is 5.92 Å². The Morgan fingerprint density at radius 3 is 2.54 bits per heavy atom. The van der Waals surface area contributed by atoms with Crippen LogP contribution in [-0.4, -0.2) is 59.6 Å². The van der Waals surface area contributed by atoms with Gasteiger partial charge >= 0.3 is 0 Å². The lowest BCUT2D eigenvalue weighted by Crippen LogP contribution is -2.52. The maximum atomic E-state index is 12.6. The third-order valence-electron chi connectivity index (χ3n) is 6.12. The van der Waals surface area contributed by atoms with Gasteiger partial charge in [-0.25, -0.2) is 0 Å². The zero-order valence-electron chi connectivity index (χ0n) is 16.0. The summed E-state index contributed by atoms with van der Waals surface area (Å²) in [5.41, 5.74) is 1.37. The Morgan fingerprint density at radius 2 is 1.81 bits per heavy atom. The molecule has 26 heavy (non-hydrogen) atoms. The number of nitrogens with zero attached hydrogens (tertiary/aromatic N) is 2. The van der Waals surface area contributed by atoms with Crippen LogP contribution < -0.4 is 0 Å². The molecule has 1 atom stereocenters. The summed E-state index contributed by atoms with van der Waals surface area (Å²) in [5, 5.41) is 9.31. The number of likely N-dealkylation sites (tertiary alicyclic amines) is 2. The third-order valence-corrected chi connectivity index (χ3v) is 6.12. The average Bonchev–Trinajstić information content (AvgIpc) is 2.72. The van der Waals surface area contributed by atoms with Gasteiger partial charge in [0.15, 0.2) is 0 Å². The summed E-state index contributed by atoms with van der Waals surface area (Å²) in [6.45, 7) is 4.32. The van der Waals surface area contributed by atoms with Crippen LogP contribution in [0.3, 0.4) is 0 Å². The monoisotopic (exact) mass is 358 g/mol. The Bertz CT molecular complexity index is 540. The molecule has 0 aromatic heterocycles. The highest BCUT2D eigenvalue weighted by Gasteiger charge is 2.30. The van der Waals surface area contributed by atoms with E-state index in [1.165, 1.54) is 12.0 Å². The number of unbranched alkanes of at least 4 members (excludes halogenated alkanes) is 1. The highest BCUT2D eigenvalue weighted by molar-refractivity contribution is 5.76. The number of piperidine rings is 2. The lowest BCUT2D eigenvalue weighted by molar-refractivity contribution is -0.133. The Balaban J connectivity index is 1.37. The summed E-state index contributed by atoms with van der Waals surface area (Å²) in [4.78, 5) is 17.3. The molecule has 2 aliphatic rings. The van der Waals surface area contributed by atoms with Gasteiger partial charge in [0.2, 0.25) is 5.91 Å². The summed E-state index contributed by atoms with van der Waals surface area (Å²) >= 11 is 0. The minimum absolute atomic E-state index is 0.325. The number of amides is 1. The fourth-order valence-corrected chi connectivity index (χ4v) is 4.39. The van der Waals surface area contributed by atoms with E-state index in [0.717, 1.165) is 64.7 Å². The van der Waals surface area contributed by atoms with E-state index in [1.807, 2.05) is 6.07 Å². The predicted octanol–water partition coefficient (Wildman–Crippen LogP) is 3.09. The van der Waals surface area contributed by atoms with Crippen molar-refractivity contribution in [2.75, 3.05) is 32.8 Å². The van der Waals surface area contributed by atoms with Gasteiger partial charge in [0.1, 0.15) is 0 Å². The minimum atomic E-state index is 0.325. The summed E-state index contributed by atoms with van der Waals surface area (Å²) < 4.78 is 0. The number of benzene rings is 1. The van der Waals surface area contributed by atoms with E-state index >= 15 is 0 Å². The summed E-state index contributed by atoms with van der Waals surface area (Å²) in [5.74, 6) is 0.824. The van der Waals surface area contributed by atoms with Crippen molar-refractivity contribution in [2.45, 2.75) is 57.4 Å². The lowest BCUT2D eigenvalue weighted by Gasteiger charge is -2.42. The number of hydrogen-bond donors (Lipinski definition) is 1. The van der Waals surface area contributed by atoms with Gasteiger partial charge in [0.05, 0.1) is 0 Å². The van der Waals surface area contributed by atoms with E-state index in [4.69, 9.17) is 0 Å². The number of hydrogen-bond acceptors (Lipinski definition) is 3. The van der Waals surface area contributed by atoms with Crippen LogP contribution in [0.15, 0.2) is 30.3 Å². The highest BCUT2D eigenvalue weighted by atomic mass is 16.3. The SMILES string of the molecule is O=C(CCCCc1ccccc1)N1CCC[C@H](N2CCC(CO)CC2)C1. The van der Waals surface area contributed by atoms with Gasteiger partial charge in [-0.3, -0.25) is 9.69 Å². The first-order valence-corrected chi connectivity index (χ1v) is 10.4. The largest absolute Gasteiger partial charge is 0.396 e. The number of aryl methyl sites for hydroxylation is 1. The van der Waals surface area contributed by atoms with Crippen LogP contribution in [0.25, 0.3) is 0 Å². The molecule has 0 spiro atoms. The van der Waals surface area contributed by atoms with Gasteiger partial charge in [0.25, 0.3) is 0 Å². The van der Waals surface area contributed by atoms with Gasteiger partial charge < -0.3 is 10.0 Å². The van der Waals surface area contributed by atoms with Crippen molar-refractivity contribution < 1.29 is 9.90 Å². The summed E-state index contributed by atoms with van der Waals surface area (Å²) in [6, 6.07) is 11.1. The number of aliphatic hydroxyl groups excluding tert-OH is 1. The molecule has 0 aliphatic carbocycles. The zero-order valence-corrected chi connectivity index (χ0v) is 16.0. The molecule has 4 heteroatoms. The Morgan fingerprint density at radius 1 is 1.04 bits per heavy atom. The lowest BCUT2D eigenvalue weighted by atomic mass is 9.94. The maximum absolute atomic E-state index is 12.6. The Kier molecular flexibility index (Phi) is 7.51. The second-order valence-electron chi connectivity index (χ2n) is 7.99. The van der Waals surface area contributed by atoms with Gasteiger partial charge in [-0.1, -0.05) is 30.3 Å². The van der Waals surface area contributed by atoms with Crippen molar-refractivity contribution >= 4 is 5.91 Å². The van der Waals surface area contributed by atoms with E-state index in [2.05, 4.69) is 34.1 Å². The third kappa shape index (κ3) is 5.55. The molecule has 1 aromatic rings. The second kappa shape index (κ2) is 10.1. The minimum Gasteiger partial charge on any atom is -0.396 e.